The zero-order chi connectivity index (χ0) is 32.3. The van der Waals surface area contributed by atoms with Gasteiger partial charge in [0.2, 0.25) is 0 Å². The second-order valence-electron chi connectivity index (χ2n) is 11.6. The molecular formula is C30H34F3N3O7. The van der Waals surface area contributed by atoms with Crippen LogP contribution in [0.15, 0.2) is 36.7 Å². The lowest BCUT2D eigenvalue weighted by Gasteiger charge is -2.29. The van der Waals surface area contributed by atoms with Crippen LogP contribution in [0, 0.1) is 11.8 Å². The van der Waals surface area contributed by atoms with Gasteiger partial charge in [-0.2, -0.15) is 0 Å². The van der Waals surface area contributed by atoms with Crippen LogP contribution in [0.25, 0.3) is 22.2 Å². The van der Waals surface area contributed by atoms with Crippen LogP contribution in [0.2, 0.25) is 0 Å². The summed E-state index contributed by atoms with van der Waals surface area (Å²) in [6.07, 6.45) is -6.74. The third-order valence-corrected chi connectivity index (χ3v) is 5.56. The van der Waals surface area contributed by atoms with Gasteiger partial charge >= 0.3 is 18.5 Å². The second kappa shape index (κ2) is 12.5. The molecule has 232 valence electrons. The van der Waals surface area contributed by atoms with Crippen molar-refractivity contribution in [3.8, 4) is 28.7 Å². The number of aryl methyl sites for hydroxylation is 1. The van der Waals surface area contributed by atoms with Gasteiger partial charge in [0.25, 0.3) is 0 Å². The van der Waals surface area contributed by atoms with E-state index in [2.05, 4.69) is 21.6 Å². The molecular weight excluding hydrogens is 571 g/mol. The SMILES string of the molecule is Cn1cnc2c(-c3ccc(OC(F)(F)F)cc3)cc(CN(C(=O)OC(C)(C)C)C(=O)OC(C)(C)C)c(C#CC(O)CO)c21. The number of imidazole rings is 1. The van der Waals surface area contributed by atoms with Gasteiger partial charge < -0.3 is 29.0 Å². The number of aromatic nitrogens is 2. The first-order valence-electron chi connectivity index (χ1n) is 13.1. The summed E-state index contributed by atoms with van der Waals surface area (Å²) < 4.78 is 54.7. The highest BCUT2D eigenvalue weighted by atomic mass is 19.4. The number of aliphatic hydroxyl groups excluding tert-OH is 2. The topological polar surface area (TPSA) is 123 Å². The van der Waals surface area contributed by atoms with Crippen molar-refractivity contribution in [2.45, 2.75) is 71.8 Å². The van der Waals surface area contributed by atoms with Crippen molar-refractivity contribution in [1.82, 2.24) is 14.5 Å². The number of ether oxygens (including phenoxy) is 3. The lowest BCUT2D eigenvalue weighted by atomic mass is 9.96. The summed E-state index contributed by atoms with van der Waals surface area (Å²) >= 11 is 0. The minimum absolute atomic E-state index is 0.278. The third kappa shape index (κ3) is 9.10. The number of imide groups is 1. The predicted octanol–water partition coefficient (Wildman–Crippen LogP) is 5.52. The van der Waals surface area contributed by atoms with Crippen molar-refractivity contribution in [1.29, 1.82) is 0 Å². The van der Waals surface area contributed by atoms with Crippen LogP contribution in [0.4, 0.5) is 22.8 Å². The fourth-order valence-electron chi connectivity index (χ4n) is 3.92. The van der Waals surface area contributed by atoms with Gasteiger partial charge in [0.1, 0.15) is 23.1 Å². The third-order valence-electron chi connectivity index (χ3n) is 5.56. The average Bonchev–Trinajstić information content (AvgIpc) is 3.24. The fourth-order valence-corrected chi connectivity index (χ4v) is 3.92. The molecule has 1 atom stereocenters. The van der Waals surface area contributed by atoms with E-state index in [-0.39, 0.29) is 5.56 Å². The highest BCUT2D eigenvalue weighted by Gasteiger charge is 2.33. The Labute approximate surface area is 247 Å². The number of rotatable bonds is 5. The van der Waals surface area contributed by atoms with Crippen LogP contribution in [0.5, 0.6) is 5.75 Å². The fraction of sp³-hybridized carbons (Fsp3) is 0.433. The Hall–Kier alpha value is -4.28. The first-order chi connectivity index (χ1) is 19.8. The van der Waals surface area contributed by atoms with Gasteiger partial charge in [-0.05, 0) is 70.9 Å². The molecule has 1 heterocycles. The molecule has 0 aliphatic carbocycles. The Morgan fingerprint density at radius 1 is 1.02 bits per heavy atom. The van der Waals surface area contributed by atoms with Crippen molar-refractivity contribution in [3.05, 3.63) is 47.8 Å². The molecule has 3 aromatic rings. The van der Waals surface area contributed by atoms with Crippen LogP contribution in [-0.2, 0) is 23.1 Å². The highest BCUT2D eigenvalue weighted by molar-refractivity contribution is 5.97. The van der Waals surface area contributed by atoms with E-state index in [1.807, 2.05) is 0 Å². The zero-order valence-corrected chi connectivity index (χ0v) is 24.9. The summed E-state index contributed by atoms with van der Waals surface area (Å²) in [7, 11) is 1.68. The minimum Gasteiger partial charge on any atom is -0.443 e. The number of carbonyl (C=O) groups excluding carboxylic acids is 2. The summed E-state index contributed by atoms with van der Waals surface area (Å²) in [4.78, 5) is 31.8. The maximum absolute atomic E-state index is 13.3. The highest BCUT2D eigenvalue weighted by Crippen LogP contribution is 2.35. The van der Waals surface area contributed by atoms with Crippen molar-refractivity contribution < 1.29 is 47.2 Å². The van der Waals surface area contributed by atoms with E-state index >= 15 is 0 Å². The molecule has 0 aliphatic heterocycles. The van der Waals surface area contributed by atoms with Crippen LogP contribution in [0.3, 0.4) is 0 Å². The normalized spacial score (nSPS) is 12.7. The number of alkyl halides is 3. The Morgan fingerprint density at radius 2 is 1.58 bits per heavy atom. The number of carbonyl (C=O) groups is 2. The standard InChI is InChI=1S/C30H34F3N3O7/c1-28(2,3)42-26(39)36(27(40)43-29(4,5)6)15-19-14-23(18-8-11-21(12-9-18)41-30(31,32)33)24-25(35(7)17-34-24)22(19)13-10-20(38)16-37/h8-9,11-12,14,17,20,37-38H,15-16H2,1-7H3. The number of nitrogens with zero attached hydrogens (tertiary/aromatic N) is 3. The summed E-state index contributed by atoms with van der Waals surface area (Å²) in [6.45, 7) is 8.79. The van der Waals surface area contributed by atoms with E-state index in [4.69, 9.17) is 9.47 Å². The number of hydrogen-bond donors (Lipinski definition) is 2. The van der Waals surface area contributed by atoms with Crippen LogP contribution in [0.1, 0.15) is 52.7 Å². The zero-order valence-electron chi connectivity index (χ0n) is 24.9. The second-order valence-corrected chi connectivity index (χ2v) is 11.6. The molecule has 43 heavy (non-hydrogen) atoms. The lowest BCUT2D eigenvalue weighted by Crippen LogP contribution is -2.43. The molecule has 3 rings (SSSR count). The van der Waals surface area contributed by atoms with Crippen molar-refractivity contribution in [2.24, 2.45) is 7.05 Å². The summed E-state index contributed by atoms with van der Waals surface area (Å²) in [5.41, 5.74) is 0.414. The van der Waals surface area contributed by atoms with Gasteiger partial charge in [-0.1, -0.05) is 24.0 Å². The van der Waals surface area contributed by atoms with Gasteiger partial charge in [0, 0.05) is 12.6 Å². The quantitative estimate of drug-likeness (QED) is 0.365. The number of hydrogen-bond acceptors (Lipinski definition) is 8. The molecule has 13 heteroatoms. The van der Waals surface area contributed by atoms with Crippen molar-refractivity contribution >= 4 is 23.2 Å². The smallest absolute Gasteiger partial charge is 0.443 e. The van der Waals surface area contributed by atoms with Crippen molar-refractivity contribution in [3.63, 3.8) is 0 Å². The number of halogens is 3. The summed E-state index contributed by atoms with van der Waals surface area (Å²) in [6, 6.07) is 6.71. The van der Waals surface area contributed by atoms with Crippen LogP contribution >= 0.6 is 0 Å². The minimum atomic E-state index is -4.87. The van der Waals surface area contributed by atoms with E-state index in [1.54, 1.807) is 59.2 Å². The molecule has 0 spiro atoms. The summed E-state index contributed by atoms with van der Waals surface area (Å²) in [5.74, 6) is 4.94. The monoisotopic (exact) mass is 605 g/mol. The molecule has 0 aliphatic rings. The van der Waals surface area contributed by atoms with Gasteiger partial charge in [0.05, 0.1) is 36.1 Å². The average molecular weight is 606 g/mol. The van der Waals surface area contributed by atoms with Gasteiger partial charge in [-0.25, -0.2) is 19.5 Å². The molecule has 2 amide bonds. The molecule has 0 saturated heterocycles. The number of fused-ring (bicyclic) bond motifs is 1. The van der Waals surface area contributed by atoms with E-state index in [1.165, 1.54) is 18.5 Å². The maximum atomic E-state index is 13.3. The largest absolute Gasteiger partial charge is 0.573 e. The molecule has 2 aromatic carbocycles. The Morgan fingerprint density at radius 3 is 2.07 bits per heavy atom. The van der Waals surface area contributed by atoms with E-state index < -0.39 is 54.8 Å². The van der Waals surface area contributed by atoms with Gasteiger partial charge in [-0.15, -0.1) is 13.2 Å². The van der Waals surface area contributed by atoms with Gasteiger partial charge in [0.15, 0.2) is 0 Å². The number of benzene rings is 2. The van der Waals surface area contributed by atoms with Gasteiger partial charge in [-0.3, -0.25) is 0 Å². The van der Waals surface area contributed by atoms with Crippen LogP contribution < -0.4 is 4.74 Å². The first-order valence-corrected chi connectivity index (χ1v) is 13.1. The lowest BCUT2D eigenvalue weighted by molar-refractivity contribution is -0.274. The predicted molar refractivity (Wildman–Crippen MR) is 151 cm³/mol. The van der Waals surface area contributed by atoms with E-state index in [0.29, 0.717) is 27.7 Å². The molecule has 0 saturated carbocycles. The molecule has 0 bridgehead atoms. The van der Waals surface area contributed by atoms with Crippen molar-refractivity contribution in [2.75, 3.05) is 6.61 Å². The van der Waals surface area contributed by atoms with E-state index in [0.717, 1.165) is 17.0 Å². The summed E-state index contributed by atoms with van der Waals surface area (Å²) in [5, 5.41) is 19.3. The molecule has 2 N–H and O–H groups in total. The van der Waals surface area contributed by atoms with E-state index in [9.17, 15) is 33.0 Å². The first kappa shape index (κ1) is 33.2. The molecule has 1 aromatic heterocycles. The number of amides is 2. The maximum Gasteiger partial charge on any atom is 0.573 e. The number of aliphatic hydroxyl groups is 2. The Bertz CT molecular complexity index is 1510. The van der Waals surface area contributed by atoms with Crippen LogP contribution in [-0.4, -0.2) is 67.1 Å². The molecule has 0 radical (unpaired) electrons. The molecule has 1 unspecified atom stereocenters. The molecule has 0 fully saturated rings. The Kier molecular flexibility index (Phi) is 9.68. The Balaban J connectivity index is 2.26. The molecule has 10 nitrogen and oxygen atoms in total.